The Hall–Kier alpha value is -0.560. The van der Waals surface area contributed by atoms with Gasteiger partial charge in [-0.05, 0) is 13.3 Å². The topological polar surface area (TPSA) is 20.2 Å². The third-order valence-corrected chi connectivity index (χ3v) is 0.885. The molecular formula is C7H12O. The van der Waals surface area contributed by atoms with Gasteiger partial charge in [-0.15, -0.1) is 6.58 Å². The van der Waals surface area contributed by atoms with Gasteiger partial charge in [0, 0.05) is 0 Å². The Labute approximate surface area is 50.3 Å². The van der Waals surface area contributed by atoms with Crippen molar-refractivity contribution in [3.63, 3.8) is 0 Å². The summed E-state index contributed by atoms with van der Waals surface area (Å²) in [4.78, 5) is 0. The third kappa shape index (κ3) is 3.62. The van der Waals surface area contributed by atoms with E-state index in [1.165, 1.54) is 6.08 Å². The Morgan fingerprint density at radius 3 is 2.75 bits per heavy atom. The molecule has 0 aliphatic heterocycles. The number of hydrogen-bond acceptors (Lipinski definition) is 1. The molecule has 0 unspecified atom stereocenters. The van der Waals surface area contributed by atoms with E-state index in [4.69, 9.17) is 5.11 Å². The molecule has 0 saturated heterocycles. The largest absolute Gasteiger partial charge is 0.389 e. The lowest BCUT2D eigenvalue weighted by molar-refractivity contribution is 0.227. The van der Waals surface area contributed by atoms with Crippen LogP contribution in [0.4, 0.5) is 0 Å². The van der Waals surface area contributed by atoms with Crippen molar-refractivity contribution in [3.05, 3.63) is 24.8 Å². The molecule has 8 heavy (non-hydrogen) atoms. The van der Waals surface area contributed by atoms with Crippen LogP contribution in [-0.4, -0.2) is 11.2 Å². The van der Waals surface area contributed by atoms with Crippen LogP contribution in [0.25, 0.3) is 0 Å². The summed E-state index contributed by atoms with van der Waals surface area (Å²) in [6.07, 6.45) is 5.66. The van der Waals surface area contributed by atoms with Gasteiger partial charge in [0.2, 0.25) is 0 Å². The van der Waals surface area contributed by atoms with Gasteiger partial charge >= 0.3 is 0 Å². The van der Waals surface area contributed by atoms with Gasteiger partial charge in [0.25, 0.3) is 0 Å². The van der Waals surface area contributed by atoms with E-state index in [0.29, 0.717) is 6.42 Å². The fourth-order valence-electron chi connectivity index (χ4n) is 0.372. The smallest absolute Gasteiger partial charge is 0.0752 e. The molecule has 0 aliphatic rings. The second-order valence-corrected chi connectivity index (χ2v) is 1.61. The highest BCUT2D eigenvalue weighted by Gasteiger charge is 1.89. The van der Waals surface area contributed by atoms with Crippen LogP contribution in [0.15, 0.2) is 24.8 Å². The molecule has 0 radical (unpaired) electrons. The van der Waals surface area contributed by atoms with Crippen LogP contribution >= 0.6 is 0 Å². The van der Waals surface area contributed by atoms with Gasteiger partial charge in [-0.25, -0.2) is 0 Å². The van der Waals surface area contributed by atoms with E-state index in [9.17, 15) is 0 Å². The minimum Gasteiger partial charge on any atom is -0.389 e. The molecule has 0 bridgehead atoms. The molecule has 0 aromatic carbocycles. The fourth-order valence-corrected chi connectivity index (χ4v) is 0.372. The number of allylic oxidation sites excluding steroid dienone is 1. The third-order valence-electron chi connectivity index (χ3n) is 0.885. The predicted molar refractivity (Wildman–Crippen MR) is 35.6 cm³/mol. The summed E-state index contributed by atoms with van der Waals surface area (Å²) in [5.41, 5.74) is 0. The van der Waals surface area contributed by atoms with Crippen LogP contribution in [0, 0.1) is 0 Å². The molecule has 0 aromatic rings. The van der Waals surface area contributed by atoms with Crippen LogP contribution in [0.3, 0.4) is 0 Å². The minimum atomic E-state index is -0.369. The SMILES string of the molecule is C=C[C@@H](O)C/C=C\C. The summed E-state index contributed by atoms with van der Waals surface area (Å²) in [6, 6.07) is 0. The molecule has 0 amide bonds. The van der Waals surface area contributed by atoms with Crippen molar-refractivity contribution in [2.24, 2.45) is 0 Å². The maximum absolute atomic E-state index is 8.82. The Morgan fingerprint density at radius 2 is 2.38 bits per heavy atom. The summed E-state index contributed by atoms with van der Waals surface area (Å²) in [6.45, 7) is 5.36. The van der Waals surface area contributed by atoms with Crippen molar-refractivity contribution in [2.75, 3.05) is 0 Å². The van der Waals surface area contributed by atoms with Crippen LogP contribution in [0.5, 0.6) is 0 Å². The Kier molecular flexibility index (Phi) is 4.27. The quantitative estimate of drug-likeness (QED) is 0.548. The van der Waals surface area contributed by atoms with Crippen LogP contribution in [0.1, 0.15) is 13.3 Å². The van der Waals surface area contributed by atoms with Gasteiger partial charge in [0.1, 0.15) is 0 Å². The average molecular weight is 112 g/mol. The zero-order valence-corrected chi connectivity index (χ0v) is 5.17. The van der Waals surface area contributed by atoms with E-state index >= 15 is 0 Å². The van der Waals surface area contributed by atoms with Gasteiger partial charge in [-0.3, -0.25) is 0 Å². The normalized spacial score (nSPS) is 14.2. The molecule has 0 saturated carbocycles. The second-order valence-electron chi connectivity index (χ2n) is 1.61. The summed E-state index contributed by atoms with van der Waals surface area (Å²) in [5, 5.41) is 8.82. The second kappa shape index (κ2) is 4.60. The van der Waals surface area contributed by atoms with Gasteiger partial charge < -0.3 is 5.11 Å². The van der Waals surface area contributed by atoms with E-state index in [-0.39, 0.29) is 6.10 Å². The summed E-state index contributed by atoms with van der Waals surface area (Å²) < 4.78 is 0. The number of aliphatic hydroxyl groups is 1. The predicted octanol–water partition coefficient (Wildman–Crippen LogP) is 1.50. The van der Waals surface area contributed by atoms with Gasteiger partial charge in [-0.2, -0.15) is 0 Å². The van der Waals surface area contributed by atoms with Crippen molar-refractivity contribution in [1.29, 1.82) is 0 Å². The average Bonchev–Trinajstić information content (AvgIpc) is 1.83. The molecule has 0 heterocycles. The van der Waals surface area contributed by atoms with E-state index in [1.54, 1.807) is 0 Å². The molecule has 1 N–H and O–H groups in total. The molecule has 1 atom stereocenters. The Morgan fingerprint density at radius 1 is 1.75 bits per heavy atom. The minimum absolute atomic E-state index is 0.369. The van der Waals surface area contributed by atoms with E-state index in [0.717, 1.165) is 0 Å². The van der Waals surface area contributed by atoms with Crippen molar-refractivity contribution in [1.82, 2.24) is 0 Å². The number of aliphatic hydroxyl groups excluding tert-OH is 1. The maximum atomic E-state index is 8.82. The van der Waals surface area contributed by atoms with Crippen LogP contribution in [0.2, 0.25) is 0 Å². The van der Waals surface area contributed by atoms with Crippen molar-refractivity contribution < 1.29 is 5.11 Å². The lowest BCUT2D eigenvalue weighted by Crippen LogP contribution is -1.97. The van der Waals surface area contributed by atoms with Crippen molar-refractivity contribution in [3.8, 4) is 0 Å². The summed E-state index contributed by atoms with van der Waals surface area (Å²) >= 11 is 0. The summed E-state index contributed by atoms with van der Waals surface area (Å²) in [7, 11) is 0. The van der Waals surface area contributed by atoms with Crippen molar-refractivity contribution >= 4 is 0 Å². The zero-order chi connectivity index (χ0) is 6.41. The number of rotatable bonds is 3. The first kappa shape index (κ1) is 7.44. The van der Waals surface area contributed by atoms with Gasteiger partial charge in [0.05, 0.1) is 6.10 Å². The van der Waals surface area contributed by atoms with E-state index in [2.05, 4.69) is 6.58 Å². The molecule has 0 aliphatic carbocycles. The molecule has 0 rings (SSSR count). The fraction of sp³-hybridized carbons (Fsp3) is 0.429. The lowest BCUT2D eigenvalue weighted by Gasteiger charge is -1.96. The van der Waals surface area contributed by atoms with E-state index < -0.39 is 0 Å². The molecule has 0 fully saturated rings. The highest BCUT2D eigenvalue weighted by Crippen LogP contribution is 1.91. The molecule has 0 aromatic heterocycles. The lowest BCUT2D eigenvalue weighted by atomic mass is 10.2. The standard InChI is InChI=1S/C7H12O/c1-3-5-6-7(8)4-2/h3-5,7-8H,2,6H2,1H3/b5-3-/t7-/m1/s1. The molecule has 1 nitrogen and oxygen atoms in total. The molecule has 46 valence electrons. The monoisotopic (exact) mass is 112 g/mol. The Bertz CT molecular complexity index is 84.4. The van der Waals surface area contributed by atoms with E-state index in [1.807, 2.05) is 19.1 Å². The Balaban J connectivity index is 3.23. The first-order valence-electron chi connectivity index (χ1n) is 2.73. The van der Waals surface area contributed by atoms with Crippen LogP contribution < -0.4 is 0 Å². The summed E-state index contributed by atoms with van der Waals surface area (Å²) in [5.74, 6) is 0. The highest BCUT2D eigenvalue weighted by molar-refractivity contribution is 4.87. The number of hydrogen-bond donors (Lipinski definition) is 1. The van der Waals surface area contributed by atoms with Crippen LogP contribution in [-0.2, 0) is 0 Å². The van der Waals surface area contributed by atoms with Gasteiger partial charge in [0.15, 0.2) is 0 Å². The van der Waals surface area contributed by atoms with Gasteiger partial charge in [-0.1, -0.05) is 18.2 Å². The zero-order valence-electron chi connectivity index (χ0n) is 5.17. The first-order valence-corrected chi connectivity index (χ1v) is 2.73. The van der Waals surface area contributed by atoms with Crippen molar-refractivity contribution in [2.45, 2.75) is 19.4 Å². The highest BCUT2D eigenvalue weighted by atomic mass is 16.3. The molecule has 1 heteroatoms. The maximum Gasteiger partial charge on any atom is 0.0752 e. The first-order chi connectivity index (χ1) is 3.81. The molecular weight excluding hydrogens is 100 g/mol. The molecule has 0 spiro atoms.